The third-order valence-corrected chi connectivity index (χ3v) is 7.48. The number of amides is 2. The van der Waals surface area contributed by atoms with Gasteiger partial charge in [-0.15, -0.1) is 0 Å². The topological polar surface area (TPSA) is 160 Å². The standard InChI is InChI=1S/C36H48N6O6/c1-33(2,3)27(41-31(43)47-35(7,8)9)29-37-17-21(39-29)25-15-19-13-24-20(14-23(19)45-25)16-26(46-24)22-18-38-30(40-22)28(34(4,5)6)42-32(44)48-36(10,11)12/h13-18,27-28H,1-12H3,(H,37,39)(H,38,40)(H,41,43)(H,42,44)/t27-,28-/m1/s1. The predicted octanol–water partition coefficient (Wildman–Crippen LogP) is 9.18. The highest BCUT2D eigenvalue weighted by Crippen LogP contribution is 2.37. The molecule has 5 aromatic rings. The molecule has 0 saturated heterocycles. The molecule has 4 aromatic heterocycles. The Bertz CT molecular complexity index is 1750. The fourth-order valence-corrected chi connectivity index (χ4v) is 5.30. The number of nitrogens with one attached hydrogen (secondary N) is 4. The third kappa shape index (κ3) is 8.03. The largest absolute Gasteiger partial charge is 0.454 e. The zero-order chi connectivity index (χ0) is 35.4. The molecule has 4 heterocycles. The smallest absolute Gasteiger partial charge is 0.408 e. The Hall–Kier alpha value is -4.74. The van der Waals surface area contributed by atoms with Crippen LogP contribution in [0.3, 0.4) is 0 Å². The lowest BCUT2D eigenvalue weighted by molar-refractivity contribution is 0.0448. The van der Waals surface area contributed by atoms with Gasteiger partial charge in [-0.2, -0.15) is 0 Å². The second kappa shape index (κ2) is 12.1. The van der Waals surface area contributed by atoms with Crippen LogP contribution in [0.5, 0.6) is 0 Å². The summed E-state index contributed by atoms with van der Waals surface area (Å²) in [6, 6.07) is 6.85. The zero-order valence-electron chi connectivity index (χ0n) is 30.0. The van der Waals surface area contributed by atoms with Crippen LogP contribution in [0.2, 0.25) is 0 Å². The lowest BCUT2D eigenvalue weighted by atomic mass is 9.86. The quantitative estimate of drug-likeness (QED) is 0.140. The molecule has 0 saturated carbocycles. The number of benzene rings is 1. The van der Waals surface area contributed by atoms with E-state index in [9.17, 15) is 9.59 Å². The number of aromatic amines is 2. The van der Waals surface area contributed by atoms with Crippen LogP contribution in [0.15, 0.2) is 45.5 Å². The van der Waals surface area contributed by atoms with Crippen molar-refractivity contribution in [3.8, 4) is 22.9 Å². The highest BCUT2D eigenvalue weighted by atomic mass is 16.6. The summed E-state index contributed by atoms with van der Waals surface area (Å²) in [5.41, 5.74) is 0.784. The Morgan fingerprint density at radius 1 is 0.625 bits per heavy atom. The number of hydrogen-bond acceptors (Lipinski definition) is 8. The molecule has 2 atom stereocenters. The number of aromatic nitrogens is 4. The molecule has 0 aliphatic heterocycles. The third-order valence-electron chi connectivity index (χ3n) is 7.48. The van der Waals surface area contributed by atoms with E-state index in [2.05, 4.69) is 30.6 Å². The maximum Gasteiger partial charge on any atom is 0.408 e. The van der Waals surface area contributed by atoms with Crippen LogP contribution in [-0.4, -0.2) is 43.3 Å². The summed E-state index contributed by atoms with van der Waals surface area (Å²) in [7, 11) is 0. The lowest BCUT2D eigenvalue weighted by Gasteiger charge is -2.31. The van der Waals surface area contributed by atoms with Crippen LogP contribution in [0.4, 0.5) is 9.59 Å². The van der Waals surface area contributed by atoms with Crippen molar-refractivity contribution in [2.75, 3.05) is 0 Å². The van der Waals surface area contributed by atoms with E-state index < -0.39 is 35.5 Å². The number of fused-ring (bicyclic) bond motifs is 2. The maximum absolute atomic E-state index is 12.6. The van der Waals surface area contributed by atoms with Gasteiger partial charge in [0.1, 0.15) is 45.4 Å². The maximum atomic E-state index is 12.6. The fraction of sp³-hybridized carbons (Fsp3) is 0.500. The van der Waals surface area contributed by atoms with Crippen molar-refractivity contribution in [1.82, 2.24) is 30.6 Å². The molecule has 0 unspecified atom stereocenters. The summed E-state index contributed by atoms with van der Waals surface area (Å²) >= 11 is 0. The molecule has 0 aliphatic carbocycles. The van der Waals surface area contributed by atoms with E-state index in [1.807, 2.05) is 107 Å². The summed E-state index contributed by atoms with van der Waals surface area (Å²) in [5.74, 6) is 2.39. The first kappa shape index (κ1) is 34.6. The van der Waals surface area contributed by atoms with Gasteiger partial charge in [0.2, 0.25) is 0 Å². The molecule has 0 fully saturated rings. The van der Waals surface area contributed by atoms with E-state index in [-0.39, 0.29) is 10.8 Å². The number of hydrogen-bond donors (Lipinski definition) is 4. The Labute approximate surface area is 280 Å². The number of carbonyl (C=O) groups is 2. The Balaban J connectivity index is 1.38. The number of furan rings is 2. The lowest BCUT2D eigenvalue weighted by Crippen LogP contribution is -2.40. The molecule has 1 aromatic carbocycles. The van der Waals surface area contributed by atoms with Crippen molar-refractivity contribution in [2.45, 2.75) is 106 Å². The van der Waals surface area contributed by atoms with Crippen LogP contribution in [-0.2, 0) is 9.47 Å². The number of nitrogens with zero attached hydrogens (tertiary/aromatic N) is 2. The van der Waals surface area contributed by atoms with Gasteiger partial charge in [0.25, 0.3) is 0 Å². The van der Waals surface area contributed by atoms with Crippen molar-refractivity contribution >= 4 is 34.1 Å². The molecule has 48 heavy (non-hydrogen) atoms. The Kier molecular flexibility index (Phi) is 8.69. The summed E-state index contributed by atoms with van der Waals surface area (Å²) in [4.78, 5) is 41.1. The van der Waals surface area contributed by atoms with E-state index >= 15 is 0 Å². The van der Waals surface area contributed by atoms with Gasteiger partial charge in [0.15, 0.2) is 11.5 Å². The van der Waals surface area contributed by atoms with Gasteiger partial charge in [0, 0.05) is 10.8 Å². The fourth-order valence-electron chi connectivity index (χ4n) is 5.30. The first-order chi connectivity index (χ1) is 22.1. The molecule has 12 heteroatoms. The van der Waals surface area contributed by atoms with Crippen molar-refractivity contribution in [3.63, 3.8) is 0 Å². The summed E-state index contributed by atoms with van der Waals surface area (Å²) in [6.45, 7) is 23.1. The normalized spacial score (nSPS) is 14.2. The predicted molar refractivity (Wildman–Crippen MR) is 184 cm³/mol. The first-order valence-electron chi connectivity index (χ1n) is 16.1. The van der Waals surface area contributed by atoms with Crippen LogP contribution >= 0.6 is 0 Å². The molecule has 0 spiro atoms. The van der Waals surface area contributed by atoms with Crippen molar-refractivity contribution in [2.24, 2.45) is 10.8 Å². The van der Waals surface area contributed by atoms with E-state index in [1.54, 1.807) is 12.4 Å². The molecule has 12 nitrogen and oxygen atoms in total. The number of ether oxygens (including phenoxy) is 2. The minimum Gasteiger partial charge on any atom is -0.454 e. The first-order valence-corrected chi connectivity index (χ1v) is 16.1. The molecular formula is C36H48N6O6. The minimum absolute atomic E-state index is 0.347. The zero-order valence-corrected chi connectivity index (χ0v) is 30.0. The summed E-state index contributed by atoms with van der Waals surface area (Å²) in [6.07, 6.45) is 2.37. The molecule has 5 rings (SSSR count). The van der Waals surface area contributed by atoms with E-state index in [0.717, 1.165) is 10.8 Å². The number of H-pyrrole nitrogens is 2. The van der Waals surface area contributed by atoms with Gasteiger partial charge < -0.3 is 38.9 Å². The molecule has 2 amide bonds. The number of carbonyl (C=O) groups excluding carboxylic acids is 2. The number of alkyl carbamates (subject to hydrolysis) is 2. The van der Waals surface area contributed by atoms with Gasteiger partial charge in [-0.3, -0.25) is 0 Å². The van der Waals surface area contributed by atoms with E-state index in [1.165, 1.54) is 0 Å². The molecule has 258 valence electrons. The summed E-state index contributed by atoms with van der Waals surface area (Å²) in [5, 5.41) is 7.63. The van der Waals surface area contributed by atoms with Crippen LogP contribution in [0, 0.1) is 10.8 Å². The molecular weight excluding hydrogens is 612 g/mol. The van der Waals surface area contributed by atoms with Gasteiger partial charge in [-0.25, -0.2) is 19.6 Å². The molecule has 0 aliphatic rings. The summed E-state index contributed by atoms with van der Waals surface area (Å²) < 4.78 is 23.5. The van der Waals surface area contributed by atoms with Crippen LogP contribution in [0.1, 0.15) is 107 Å². The van der Waals surface area contributed by atoms with Gasteiger partial charge in [0.05, 0.1) is 24.5 Å². The van der Waals surface area contributed by atoms with E-state index in [0.29, 0.717) is 45.7 Å². The highest BCUT2D eigenvalue weighted by Gasteiger charge is 2.34. The Morgan fingerprint density at radius 2 is 0.979 bits per heavy atom. The van der Waals surface area contributed by atoms with Crippen molar-refractivity contribution in [1.29, 1.82) is 0 Å². The average Bonchev–Trinajstić information content (AvgIpc) is 3.70. The van der Waals surface area contributed by atoms with Gasteiger partial charge in [-0.1, -0.05) is 41.5 Å². The minimum atomic E-state index is -0.619. The SMILES string of the molecule is CC(C)(C)OC(=O)N[C@H](c1ncc(-c2cc3cc4oc(-c5cnc([C@@H](NC(=O)OC(C)(C)C)C(C)(C)C)[nH]5)cc4cc3o2)[nH]1)C(C)(C)C. The monoisotopic (exact) mass is 660 g/mol. The second-order valence-corrected chi connectivity index (χ2v) is 16.4. The van der Waals surface area contributed by atoms with E-state index in [4.69, 9.17) is 18.3 Å². The van der Waals surface area contributed by atoms with Crippen LogP contribution in [0.25, 0.3) is 44.8 Å². The average molecular weight is 661 g/mol. The van der Waals surface area contributed by atoms with Crippen molar-refractivity contribution < 1.29 is 27.9 Å². The van der Waals surface area contributed by atoms with Crippen LogP contribution < -0.4 is 10.6 Å². The second-order valence-electron chi connectivity index (χ2n) is 16.4. The van der Waals surface area contributed by atoms with Gasteiger partial charge >= 0.3 is 12.2 Å². The van der Waals surface area contributed by atoms with Gasteiger partial charge in [-0.05, 0) is 76.6 Å². The number of imidazole rings is 2. The highest BCUT2D eigenvalue weighted by molar-refractivity contribution is 5.96. The molecule has 0 bridgehead atoms. The number of rotatable bonds is 6. The molecule has 0 radical (unpaired) electrons. The Morgan fingerprint density at radius 3 is 1.29 bits per heavy atom. The van der Waals surface area contributed by atoms with Crippen molar-refractivity contribution in [3.05, 3.63) is 48.3 Å². The molecule has 4 N–H and O–H groups in total.